The van der Waals surface area contributed by atoms with Gasteiger partial charge in [-0.05, 0) is 54.8 Å². The number of benzene rings is 1. The zero-order valence-electron chi connectivity index (χ0n) is 15.4. The van der Waals surface area contributed by atoms with Crippen LogP contribution in [0.5, 0.6) is 0 Å². The van der Waals surface area contributed by atoms with Crippen molar-refractivity contribution < 1.29 is 9.32 Å². The maximum atomic E-state index is 13.3. The summed E-state index contributed by atoms with van der Waals surface area (Å²) in [6.45, 7) is 1.84. The lowest BCUT2D eigenvalue weighted by Gasteiger charge is -2.26. The van der Waals surface area contributed by atoms with Crippen molar-refractivity contribution in [2.24, 2.45) is 0 Å². The molecule has 1 atom stereocenters. The molecule has 6 heteroatoms. The number of nitrogens with one attached hydrogen (secondary N) is 1. The summed E-state index contributed by atoms with van der Waals surface area (Å²) in [5.41, 5.74) is 4.90. The van der Waals surface area contributed by atoms with Gasteiger partial charge in [-0.25, -0.2) is 4.98 Å². The van der Waals surface area contributed by atoms with Crippen molar-refractivity contribution in [3.63, 3.8) is 0 Å². The topological polar surface area (TPSA) is 68.0 Å². The van der Waals surface area contributed by atoms with E-state index in [1.165, 1.54) is 11.1 Å². The normalized spacial score (nSPS) is 16.1. The number of carbonyl (C=O) groups is 1. The highest BCUT2D eigenvalue weighted by Crippen LogP contribution is 2.32. The molecule has 0 saturated heterocycles. The Labute approximate surface area is 166 Å². The van der Waals surface area contributed by atoms with Crippen LogP contribution in [-0.4, -0.2) is 16.0 Å². The number of hydrogen-bond acceptors (Lipinski definition) is 5. The molecule has 1 aliphatic carbocycles. The lowest BCUT2D eigenvalue weighted by atomic mass is 9.87. The Morgan fingerprint density at radius 2 is 2.14 bits per heavy atom. The fraction of sp³-hybridized carbons (Fsp3) is 0.227. The second kappa shape index (κ2) is 6.87. The molecule has 28 heavy (non-hydrogen) atoms. The minimum absolute atomic E-state index is 0.0195. The van der Waals surface area contributed by atoms with Gasteiger partial charge in [-0.15, -0.1) is 11.3 Å². The Kier molecular flexibility index (Phi) is 4.20. The zero-order chi connectivity index (χ0) is 19.1. The standard InChI is InChI=1S/C22H19N3O2S/c1-13-20-16(12-18(19-10-5-11-28-19)24-22(20)27-25-13)21(26)23-17-9-4-7-14-6-2-3-8-15(14)17/h2-3,5-6,8,10-12,17H,4,7,9H2,1H3,(H,23,26)/t17-/m0/s1. The Bertz CT molecular complexity index is 1160. The van der Waals surface area contributed by atoms with Gasteiger partial charge in [0.15, 0.2) is 0 Å². The minimum atomic E-state index is -0.113. The molecule has 1 amide bonds. The van der Waals surface area contributed by atoms with E-state index in [4.69, 9.17) is 4.52 Å². The van der Waals surface area contributed by atoms with Crippen LogP contribution in [0.25, 0.3) is 21.7 Å². The average Bonchev–Trinajstić information content (AvgIpc) is 3.38. The van der Waals surface area contributed by atoms with Gasteiger partial charge in [0, 0.05) is 0 Å². The highest BCUT2D eigenvalue weighted by molar-refractivity contribution is 7.13. The third-order valence-electron chi connectivity index (χ3n) is 5.31. The van der Waals surface area contributed by atoms with Crippen molar-refractivity contribution in [2.75, 3.05) is 0 Å². The van der Waals surface area contributed by atoms with Crippen molar-refractivity contribution in [1.29, 1.82) is 0 Å². The van der Waals surface area contributed by atoms with Crippen LogP contribution in [0.1, 0.15) is 46.1 Å². The van der Waals surface area contributed by atoms with E-state index in [0.717, 1.165) is 29.8 Å². The number of aryl methyl sites for hydroxylation is 2. The highest BCUT2D eigenvalue weighted by atomic mass is 32.1. The number of aromatic nitrogens is 2. The van der Waals surface area contributed by atoms with Gasteiger partial charge in [-0.1, -0.05) is 35.5 Å². The molecule has 4 aromatic rings. The molecule has 0 fully saturated rings. The van der Waals surface area contributed by atoms with Crippen molar-refractivity contribution in [3.8, 4) is 10.6 Å². The first-order valence-corrected chi connectivity index (χ1v) is 10.3. The van der Waals surface area contributed by atoms with Crippen molar-refractivity contribution in [1.82, 2.24) is 15.5 Å². The summed E-state index contributed by atoms with van der Waals surface area (Å²) in [5.74, 6) is -0.113. The Hall–Kier alpha value is -2.99. The van der Waals surface area contributed by atoms with Crippen LogP contribution in [0.15, 0.2) is 52.4 Å². The molecule has 0 saturated carbocycles. The summed E-state index contributed by atoms with van der Waals surface area (Å²) in [6, 6.07) is 14.2. The van der Waals surface area contributed by atoms with Gasteiger partial charge < -0.3 is 9.84 Å². The van der Waals surface area contributed by atoms with Crippen LogP contribution in [-0.2, 0) is 6.42 Å². The lowest BCUT2D eigenvalue weighted by Crippen LogP contribution is -2.31. The maximum absolute atomic E-state index is 13.3. The van der Waals surface area contributed by atoms with Gasteiger partial charge in [-0.2, -0.15) is 0 Å². The summed E-state index contributed by atoms with van der Waals surface area (Å²) in [7, 11) is 0. The molecule has 5 nitrogen and oxygen atoms in total. The third-order valence-corrected chi connectivity index (χ3v) is 6.20. The Morgan fingerprint density at radius 1 is 1.25 bits per heavy atom. The molecule has 0 bridgehead atoms. The quantitative estimate of drug-likeness (QED) is 0.531. The number of rotatable bonds is 3. The molecular weight excluding hydrogens is 370 g/mol. The van der Waals surface area contributed by atoms with E-state index in [2.05, 4.69) is 33.7 Å². The smallest absolute Gasteiger partial charge is 0.259 e. The van der Waals surface area contributed by atoms with Gasteiger partial charge in [-0.3, -0.25) is 4.79 Å². The monoisotopic (exact) mass is 389 g/mol. The molecule has 0 aliphatic heterocycles. The molecule has 3 aromatic heterocycles. The molecule has 1 aromatic carbocycles. The van der Waals surface area contributed by atoms with Crippen LogP contribution in [0.4, 0.5) is 0 Å². The number of pyridine rings is 1. The van der Waals surface area contributed by atoms with E-state index < -0.39 is 0 Å². The molecule has 0 radical (unpaired) electrons. The molecule has 0 unspecified atom stereocenters. The van der Waals surface area contributed by atoms with E-state index in [-0.39, 0.29) is 11.9 Å². The number of amides is 1. The highest BCUT2D eigenvalue weighted by Gasteiger charge is 2.25. The van der Waals surface area contributed by atoms with Gasteiger partial charge in [0.25, 0.3) is 11.6 Å². The molecule has 3 heterocycles. The van der Waals surface area contributed by atoms with Crippen molar-refractivity contribution >= 4 is 28.3 Å². The number of carbonyl (C=O) groups excluding carboxylic acids is 1. The number of nitrogens with zero attached hydrogens (tertiary/aromatic N) is 2. The van der Waals surface area contributed by atoms with Crippen LogP contribution in [0, 0.1) is 6.92 Å². The van der Waals surface area contributed by atoms with Crippen LogP contribution in [0.2, 0.25) is 0 Å². The number of thiophene rings is 1. The third kappa shape index (κ3) is 2.90. The summed E-state index contributed by atoms with van der Waals surface area (Å²) in [5, 5.41) is 9.94. The fourth-order valence-electron chi connectivity index (χ4n) is 3.96. The molecule has 140 valence electrons. The molecule has 5 rings (SSSR count). The average molecular weight is 389 g/mol. The molecule has 1 N–H and O–H groups in total. The first-order valence-electron chi connectivity index (χ1n) is 9.40. The molecular formula is C22H19N3O2S. The lowest BCUT2D eigenvalue weighted by molar-refractivity contribution is 0.0934. The summed E-state index contributed by atoms with van der Waals surface area (Å²) in [4.78, 5) is 18.9. The first-order chi connectivity index (χ1) is 13.7. The van der Waals surface area contributed by atoms with Crippen LogP contribution < -0.4 is 5.32 Å². The van der Waals surface area contributed by atoms with Gasteiger partial charge in [0.05, 0.1) is 33.3 Å². The van der Waals surface area contributed by atoms with Crippen LogP contribution in [0.3, 0.4) is 0 Å². The second-order valence-electron chi connectivity index (χ2n) is 7.10. The molecule has 0 spiro atoms. The summed E-state index contributed by atoms with van der Waals surface area (Å²) in [6.07, 6.45) is 3.08. The number of hydrogen-bond donors (Lipinski definition) is 1. The minimum Gasteiger partial charge on any atom is -0.345 e. The Morgan fingerprint density at radius 3 is 3.00 bits per heavy atom. The molecule has 1 aliphatic rings. The second-order valence-corrected chi connectivity index (χ2v) is 8.05. The van der Waals surface area contributed by atoms with Crippen molar-refractivity contribution in [3.05, 3.63) is 70.2 Å². The summed E-state index contributed by atoms with van der Waals surface area (Å²) >= 11 is 1.58. The van der Waals surface area contributed by atoms with E-state index in [0.29, 0.717) is 22.4 Å². The predicted molar refractivity (Wildman–Crippen MR) is 109 cm³/mol. The SMILES string of the molecule is Cc1noc2nc(-c3cccs3)cc(C(=O)N[C@H]3CCCc4ccccc43)c12. The predicted octanol–water partition coefficient (Wildman–Crippen LogP) is 5.07. The van der Waals surface area contributed by atoms with Gasteiger partial charge >= 0.3 is 0 Å². The fourth-order valence-corrected chi connectivity index (χ4v) is 4.65. The van der Waals surface area contributed by atoms with Crippen LogP contribution >= 0.6 is 11.3 Å². The van der Waals surface area contributed by atoms with Crippen molar-refractivity contribution in [2.45, 2.75) is 32.2 Å². The number of fused-ring (bicyclic) bond motifs is 2. The maximum Gasteiger partial charge on any atom is 0.259 e. The Balaban J connectivity index is 1.55. The van der Waals surface area contributed by atoms with Gasteiger partial charge in [0.2, 0.25) is 0 Å². The van der Waals surface area contributed by atoms with Gasteiger partial charge in [0.1, 0.15) is 0 Å². The summed E-state index contributed by atoms with van der Waals surface area (Å²) < 4.78 is 5.39. The van der Waals surface area contributed by atoms with E-state index in [1.807, 2.05) is 36.6 Å². The first kappa shape index (κ1) is 17.1. The van der Waals surface area contributed by atoms with E-state index in [9.17, 15) is 4.79 Å². The largest absolute Gasteiger partial charge is 0.345 e. The van der Waals surface area contributed by atoms with E-state index in [1.54, 1.807) is 11.3 Å². The van der Waals surface area contributed by atoms with E-state index >= 15 is 0 Å². The zero-order valence-corrected chi connectivity index (χ0v) is 16.3.